The maximum Gasteiger partial charge on any atom is 0.311 e. The van der Waals surface area contributed by atoms with Crippen molar-refractivity contribution in [2.45, 2.75) is 13.0 Å². The Morgan fingerprint density at radius 1 is 1.29 bits per heavy atom. The number of nitrogens with zero attached hydrogens (tertiary/aromatic N) is 1. The van der Waals surface area contributed by atoms with Crippen molar-refractivity contribution in [2.75, 3.05) is 5.32 Å². The number of anilines is 1. The third-order valence-electron chi connectivity index (χ3n) is 3.10. The molecule has 0 saturated heterocycles. The highest BCUT2D eigenvalue weighted by Gasteiger charge is 2.21. The average molecular weight is 332 g/mol. The van der Waals surface area contributed by atoms with Gasteiger partial charge in [-0.25, -0.2) is 4.39 Å². The van der Waals surface area contributed by atoms with E-state index in [0.717, 1.165) is 6.07 Å². The van der Waals surface area contributed by atoms with E-state index in [0.29, 0.717) is 12.0 Å². The van der Waals surface area contributed by atoms with E-state index < -0.39 is 28.4 Å². The summed E-state index contributed by atoms with van der Waals surface area (Å²) in [5.74, 6) is -1.13. The monoisotopic (exact) mass is 332 g/mol. The maximum atomic E-state index is 12.8. The number of carbonyl (C=O) groups excluding carboxylic acids is 2. The summed E-state index contributed by atoms with van der Waals surface area (Å²) in [6, 6.07) is 8.78. The molecule has 0 spiro atoms. The molecule has 1 amide bonds. The minimum Gasteiger partial charge on any atom is -0.474 e. The second-order valence-electron chi connectivity index (χ2n) is 4.86. The molecule has 0 bridgehead atoms. The first kappa shape index (κ1) is 17.1. The number of hydrogen-bond donors (Lipinski definition) is 1. The van der Waals surface area contributed by atoms with Crippen LogP contribution in [0.15, 0.2) is 42.5 Å². The molecule has 2 aromatic rings. The smallest absolute Gasteiger partial charge is 0.311 e. The van der Waals surface area contributed by atoms with Crippen LogP contribution in [-0.4, -0.2) is 23.2 Å². The molecule has 0 radical (unpaired) electrons. The highest BCUT2D eigenvalue weighted by Crippen LogP contribution is 2.28. The predicted molar refractivity (Wildman–Crippen MR) is 83.6 cm³/mol. The Morgan fingerprint density at radius 3 is 2.54 bits per heavy atom. The van der Waals surface area contributed by atoms with Crippen molar-refractivity contribution < 1.29 is 23.6 Å². The van der Waals surface area contributed by atoms with Gasteiger partial charge in [0.25, 0.3) is 5.91 Å². The number of ether oxygens (including phenoxy) is 1. The highest BCUT2D eigenvalue weighted by atomic mass is 19.1. The van der Waals surface area contributed by atoms with Gasteiger partial charge < -0.3 is 10.1 Å². The number of benzene rings is 2. The van der Waals surface area contributed by atoms with Crippen molar-refractivity contribution in [1.82, 2.24) is 0 Å². The highest BCUT2D eigenvalue weighted by molar-refractivity contribution is 5.94. The van der Waals surface area contributed by atoms with Crippen molar-refractivity contribution >= 4 is 23.6 Å². The molecular formula is C16H13FN2O5. The minimum absolute atomic E-state index is 0.123. The van der Waals surface area contributed by atoms with Crippen LogP contribution in [0.2, 0.25) is 0 Å². The topological polar surface area (TPSA) is 98.5 Å². The van der Waals surface area contributed by atoms with Crippen LogP contribution < -0.4 is 10.1 Å². The average Bonchev–Trinajstić information content (AvgIpc) is 2.57. The number of amides is 1. The first-order valence-electron chi connectivity index (χ1n) is 6.87. The lowest BCUT2D eigenvalue weighted by molar-refractivity contribution is -0.386. The third-order valence-corrected chi connectivity index (χ3v) is 3.10. The molecular weight excluding hydrogens is 319 g/mol. The van der Waals surface area contributed by atoms with Crippen LogP contribution in [0.3, 0.4) is 0 Å². The van der Waals surface area contributed by atoms with Gasteiger partial charge in [0.2, 0.25) is 0 Å². The molecule has 1 atom stereocenters. The first-order chi connectivity index (χ1) is 11.4. The van der Waals surface area contributed by atoms with Gasteiger partial charge in [0.1, 0.15) is 12.1 Å². The van der Waals surface area contributed by atoms with Crippen LogP contribution in [0.1, 0.15) is 17.3 Å². The second kappa shape index (κ2) is 7.32. The van der Waals surface area contributed by atoms with Gasteiger partial charge in [-0.3, -0.25) is 19.7 Å². The van der Waals surface area contributed by atoms with Crippen LogP contribution in [0, 0.1) is 15.9 Å². The van der Waals surface area contributed by atoms with Gasteiger partial charge in [0.15, 0.2) is 11.9 Å². The van der Waals surface area contributed by atoms with E-state index in [1.165, 1.54) is 43.3 Å². The molecule has 0 saturated carbocycles. The van der Waals surface area contributed by atoms with Crippen LogP contribution in [0.4, 0.5) is 15.8 Å². The zero-order valence-corrected chi connectivity index (χ0v) is 12.6. The van der Waals surface area contributed by atoms with Gasteiger partial charge in [-0.15, -0.1) is 0 Å². The molecule has 0 fully saturated rings. The lowest BCUT2D eigenvalue weighted by Gasteiger charge is -2.15. The summed E-state index contributed by atoms with van der Waals surface area (Å²) in [6.45, 7) is 1.41. The number of nitro benzene ring substituents is 1. The van der Waals surface area contributed by atoms with E-state index in [9.17, 15) is 24.1 Å². The Morgan fingerprint density at radius 2 is 1.96 bits per heavy atom. The largest absolute Gasteiger partial charge is 0.474 e. The summed E-state index contributed by atoms with van der Waals surface area (Å²) < 4.78 is 18.1. The summed E-state index contributed by atoms with van der Waals surface area (Å²) >= 11 is 0. The van der Waals surface area contributed by atoms with E-state index >= 15 is 0 Å². The fraction of sp³-hybridized carbons (Fsp3) is 0.125. The Kier molecular flexibility index (Phi) is 5.20. The van der Waals surface area contributed by atoms with Gasteiger partial charge in [0.05, 0.1) is 4.92 Å². The van der Waals surface area contributed by atoms with Crippen LogP contribution in [0.5, 0.6) is 5.75 Å². The number of nitro groups is 1. The first-order valence-corrected chi connectivity index (χ1v) is 6.87. The zero-order valence-electron chi connectivity index (χ0n) is 12.6. The Hall–Kier alpha value is -3.29. The maximum absolute atomic E-state index is 12.8. The molecule has 0 aliphatic carbocycles. The fourth-order valence-electron chi connectivity index (χ4n) is 1.87. The predicted octanol–water partition coefficient (Wildman–Crippen LogP) is 2.95. The molecule has 0 unspecified atom stereocenters. The van der Waals surface area contributed by atoms with Crippen LogP contribution >= 0.6 is 0 Å². The van der Waals surface area contributed by atoms with Gasteiger partial charge >= 0.3 is 5.69 Å². The normalized spacial score (nSPS) is 11.4. The molecule has 2 aromatic carbocycles. The molecule has 7 nitrogen and oxygen atoms in total. The molecule has 0 aromatic heterocycles. The van der Waals surface area contributed by atoms with Gasteiger partial charge in [-0.05, 0) is 43.3 Å². The van der Waals surface area contributed by atoms with Gasteiger partial charge in [0, 0.05) is 17.3 Å². The summed E-state index contributed by atoms with van der Waals surface area (Å²) in [7, 11) is 0. The Bertz CT molecular complexity index is 777. The Balaban J connectivity index is 2.12. The molecule has 0 heterocycles. The number of halogens is 1. The molecule has 24 heavy (non-hydrogen) atoms. The number of carbonyl (C=O) groups is 2. The molecule has 2 rings (SSSR count). The number of hydrogen-bond acceptors (Lipinski definition) is 5. The quantitative estimate of drug-likeness (QED) is 0.498. The number of nitrogens with one attached hydrogen (secondary N) is 1. The lowest BCUT2D eigenvalue weighted by atomic mass is 10.2. The molecule has 0 aliphatic rings. The second-order valence-corrected chi connectivity index (χ2v) is 4.86. The molecule has 1 N–H and O–H groups in total. The van der Waals surface area contributed by atoms with Crippen molar-refractivity contribution in [3.63, 3.8) is 0 Å². The molecule has 0 aliphatic heterocycles. The van der Waals surface area contributed by atoms with Crippen LogP contribution in [0.25, 0.3) is 0 Å². The van der Waals surface area contributed by atoms with Gasteiger partial charge in [-0.1, -0.05) is 0 Å². The van der Waals surface area contributed by atoms with E-state index in [2.05, 4.69) is 5.32 Å². The fourth-order valence-corrected chi connectivity index (χ4v) is 1.87. The SMILES string of the molecule is C[C@H](Oc1ccc(C=O)cc1[N+](=O)[O-])C(=O)Nc1ccc(F)cc1. The summed E-state index contributed by atoms with van der Waals surface area (Å²) in [6.07, 6.45) is -0.572. The minimum atomic E-state index is -1.05. The van der Waals surface area contributed by atoms with Crippen LogP contribution in [-0.2, 0) is 4.79 Å². The third kappa shape index (κ3) is 4.13. The Labute approximate surface area is 136 Å². The van der Waals surface area contributed by atoms with E-state index in [4.69, 9.17) is 4.74 Å². The number of rotatable bonds is 6. The lowest BCUT2D eigenvalue weighted by Crippen LogP contribution is -2.30. The van der Waals surface area contributed by atoms with Crippen molar-refractivity contribution in [3.8, 4) is 5.75 Å². The standard InChI is InChI=1S/C16H13FN2O5/c1-10(16(21)18-13-5-3-12(17)4-6-13)24-15-7-2-11(9-20)8-14(15)19(22)23/h2-10H,1H3,(H,18,21)/t10-/m0/s1. The summed E-state index contributed by atoms with van der Waals surface area (Å²) in [5.41, 5.74) is 0.0705. The van der Waals surface area contributed by atoms with Crippen molar-refractivity contribution in [3.05, 3.63) is 64.0 Å². The molecule has 124 valence electrons. The number of aldehydes is 1. The van der Waals surface area contributed by atoms with Crippen molar-refractivity contribution in [2.24, 2.45) is 0 Å². The van der Waals surface area contributed by atoms with Gasteiger partial charge in [-0.2, -0.15) is 0 Å². The van der Waals surface area contributed by atoms with E-state index in [1.807, 2.05) is 0 Å². The summed E-state index contributed by atoms with van der Waals surface area (Å²) in [5, 5.41) is 13.5. The van der Waals surface area contributed by atoms with E-state index in [1.54, 1.807) is 0 Å². The molecule has 8 heteroatoms. The van der Waals surface area contributed by atoms with Crippen molar-refractivity contribution in [1.29, 1.82) is 0 Å². The zero-order chi connectivity index (χ0) is 17.7. The summed E-state index contributed by atoms with van der Waals surface area (Å²) in [4.78, 5) is 33.1. The van der Waals surface area contributed by atoms with E-state index in [-0.39, 0.29) is 11.3 Å².